The normalized spacial score (nSPS) is 13.4. The maximum absolute atomic E-state index is 6.23. The van der Waals surface area contributed by atoms with E-state index in [9.17, 15) is 0 Å². The van der Waals surface area contributed by atoms with Crippen molar-refractivity contribution < 1.29 is 4.42 Å². The quantitative estimate of drug-likeness (QED) is 0.253. The molecule has 6 aromatic rings. The summed E-state index contributed by atoms with van der Waals surface area (Å²) < 4.78 is 6.23. The Morgan fingerprint density at radius 1 is 0.595 bits per heavy atom. The second-order valence-corrected chi connectivity index (χ2v) is 10.1. The van der Waals surface area contributed by atoms with E-state index in [4.69, 9.17) is 9.40 Å². The number of rotatable bonds is 4. The fourth-order valence-corrected chi connectivity index (χ4v) is 5.61. The van der Waals surface area contributed by atoms with Crippen molar-refractivity contribution in [3.05, 3.63) is 132 Å². The van der Waals surface area contributed by atoms with E-state index in [0.717, 1.165) is 33.7 Å². The number of anilines is 3. The largest absolute Gasteiger partial charge is 0.436 e. The van der Waals surface area contributed by atoms with Gasteiger partial charge in [0.2, 0.25) is 5.89 Å². The molecule has 0 radical (unpaired) electrons. The predicted octanol–water partition coefficient (Wildman–Crippen LogP) is 9.27. The summed E-state index contributed by atoms with van der Waals surface area (Å²) >= 11 is 0. The van der Waals surface area contributed by atoms with Crippen LogP contribution in [0.1, 0.15) is 25.0 Å². The second kappa shape index (κ2) is 8.21. The zero-order valence-electron chi connectivity index (χ0n) is 20.8. The van der Waals surface area contributed by atoms with Crippen molar-refractivity contribution in [2.24, 2.45) is 0 Å². The molecule has 1 aliphatic rings. The van der Waals surface area contributed by atoms with Crippen molar-refractivity contribution in [1.82, 2.24) is 4.98 Å². The number of para-hydroxylation sites is 1. The summed E-state index contributed by atoms with van der Waals surface area (Å²) in [7, 11) is 0. The van der Waals surface area contributed by atoms with Crippen molar-refractivity contribution >= 4 is 28.2 Å². The van der Waals surface area contributed by atoms with Crippen LogP contribution in [-0.4, -0.2) is 4.98 Å². The first-order valence-electron chi connectivity index (χ1n) is 12.7. The van der Waals surface area contributed by atoms with Gasteiger partial charge in [-0.1, -0.05) is 80.6 Å². The summed E-state index contributed by atoms with van der Waals surface area (Å²) in [4.78, 5) is 7.03. The van der Waals surface area contributed by atoms with E-state index >= 15 is 0 Å². The van der Waals surface area contributed by atoms with Gasteiger partial charge in [-0.2, -0.15) is 0 Å². The molecule has 0 bridgehead atoms. The van der Waals surface area contributed by atoms with Crippen molar-refractivity contribution in [2.75, 3.05) is 4.90 Å². The third kappa shape index (κ3) is 3.47. The van der Waals surface area contributed by atoms with Crippen LogP contribution in [0.25, 0.3) is 33.7 Å². The first-order valence-corrected chi connectivity index (χ1v) is 12.7. The average Bonchev–Trinajstić information content (AvgIpc) is 3.47. The lowest BCUT2D eigenvalue weighted by Crippen LogP contribution is -2.16. The van der Waals surface area contributed by atoms with E-state index in [1.54, 1.807) is 0 Å². The van der Waals surface area contributed by atoms with Crippen LogP contribution in [0.3, 0.4) is 0 Å². The molecule has 37 heavy (non-hydrogen) atoms. The Kier molecular flexibility index (Phi) is 4.80. The molecular formula is C34H26N2O. The molecule has 0 fully saturated rings. The van der Waals surface area contributed by atoms with E-state index in [1.807, 2.05) is 36.4 Å². The lowest BCUT2D eigenvalue weighted by Gasteiger charge is -2.28. The Morgan fingerprint density at radius 3 is 2.05 bits per heavy atom. The molecule has 1 heterocycles. The Bertz CT molecular complexity index is 1750. The number of aromatic nitrogens is 1. The molecule has 0 spiro atoms. The number of hydrogen-bond acceptors (Lipinski definition) is 3. The molecule has 5 aromatic carbocycles. The van der Waals surface area contributed by atoms with Gasteiger partial charge < -0.3 is 9.32 Å². The topological polar surface area (TPSA) is 29.3 Å². The lowest BCUT2D eigenvalue weighted by molar-refractivity contribution is 0.620. The summed E-state index contributed by atoms with van der Waals surface area (Å²) in [6.45, 7) is 4.64. The lowest BCUT2D eigenvalue weighted by atomic mass is 9.82. The van der Waals surface area contributed by atoms with Crippen LogP contribution in [-0.2, 0) is 5.41 Å². The molecule has 178 valence electrons. The zero-order valence-corrected chi connectivity index (χ0v) is 20.8. The van der Waals surface area contributed by atoms with Gasteiger partial charge in [0.25, 0.3) is 0 Å². The number of benzene rings is 5. The number of nitrogens with zero attached hydrogens (tertiary/aromatic N) is 2. The number of oxazole rings is 1. The molecule has 1 aliphatic carbocycles. The molecule has 3 nitrogen and oxygen atoms in total. The van der Waals surface area contributed by atoms with Gasteiger partial charge in [0.05, 0.1) is 0 Å². The van der Waals surface area contributed by atoms with E-state index in [2.05, 4.69) is 104 Å². The van der Waals surface area contributed by atoms with Crippen molar-refractivity contribution in [2.45, 2.75) is 19.3 Å². The highest BCUT2D eigenvalue weighted by Crippen LogP contribution is 2.50. The molecule has 0 saturated heterocycles. The summed E-state index contributed by atoms with van der Waals surface area (Å²) in [5.74, 6) is 0.635. The SMILES string of the molecule is CC1(C)c2ccccc2-c2ccc(N(c3ccccc3)c3ccc4nc(-c5ccccc5)oc4c3)cc21. The highest BCUT2D eigenvalue weighted by atomic mass is 16.3. The smallest absolute Gasteiger partial charge is 0.227 e. The van der Waals surface area contributed by atoms with Crippen LogP contribution in [0, 0.1) is 0 Å². The van der Waals surface area contributed by atoms with Crippen LogP contribution in [0.15, 0.2) is 126 Å². The van der Waals surface area contributed by atoms with Gasteiger partial charge in [0.15, 0.2) is 5.58 Å². The molecule has 0 aliphatic heterocycles. The molecule has 7 rings (SSSR count). The van der Waals surface area contributed by atoms with Gasteiger partial charge >= 0.3 is 0 Å². The van der Waals surface area contributed by atoms with Crippen LogP contribution in [0.2, 0.25) is 0 Å². The van der Waals surface area contributed by atoms with Gasteiger partial charge in [0.1, 0.15) is 5.52 Å². The zero-order chi connectivity index (χ0) is 25.0. The summed E-state index contributed by atoms with van der Waals surface area (Å²) in [5, 5.41) is 0. The third-order valence-corrected chi connectivity index (χ3v) is 7.49. The first-order chi connectivity index (χ1) is 18.1. The first kappa shape index (κ1) is 21.6. The Morgan fingerprint density at radius 2 is 1.24 bits per heavy atom. The summed E-state index contributed by atoms with van der Waals surface area (Å²) in [6, 6.07) is 42.4. The molecule has 0 unspecified atom stereocenters. The number of hydrogen-bond donors (Lipinski definition) is 0. The Balaban J connectivity index is 1.38. The van der Waals surface area contributed by atoms with Crippen LogP contribution in [0.4, 0.5) is 17.1 Å². The minimum Gasteiger partial charge on any atom is -0.436 e. The predicted molar refractivity (Wildman–Crippen MR) is 152 cm³/mol. The van der Waals surface area contributed by atoms with Crippen LogP contribution < -0.4 is 4.90 Å². The molecule has 0 amide bonds. The van der Waals surface area contributed by atoms with E-state index < -0.39 is 0 Å². The molecule has 0 saturated carbocycles. The molecular weight excluding hydrogens is 452 g/mol. The molecule has 0 atom stereocenters. The van der Waals surface area contributed by atoms with E-state index in [1.165, 1.54) is 22.3 Å². The highest BCUT2D eigenvalue weighted by Gasteiger charge is 2.35. The van der Waals surface area contributed by atoms with Crippen LogP contribution in [0.5, 0.6) is 0 Å². The minimum absolute atomic E-state index is 0.0657. The van der Waals surface area contributed by atoms with Crippen molar-refractivity contribution in [1.29, 1.82) is 0 Å². The molecule has 3 heteroatoms. The monoisotopic (exact) mass is 478 g/mol. The van der Waals surface area contributed by atoms with Crippen molar-refractivity contribution in [3.63, 3.8) is 0 Å². The average molecular weight is 479 g/mol. The summed E-state index contributed by atoms with van der Waals surface area (Å²) in [6.07, 6.45) is 0. The third-order valence-electron chi connectivity index (χ3n) is 7.49. The maximum Gasteiger partial charge on any atom is 0.227 e. The maximum atomic E-state index is 6.23. The van der Waals surface area contributed by atoms with Gasteiger partial charge in [-0.15, -0.1) is 0 Å². The standard InChI is InChI=1S/C34H26N2O/c1-34(2)29-16-10-9-15-27(29)28-19-17-25(21-30(28)34)36(24-13-7-4-8-14-24)26-18-20-31-32(22-26)37-33(35-31)23-11-5-3-6-12-23/h3-22H,1-2H3. The second-order valence-electron chi connectivity index (χ2n) is 10.1. The van der Waals surface area contributed by atoms with E-state index in [-0.39, 0.29) is 5.41 Å². The molecule has 1 aromatic heterocycles. The van der Waals surface area contributed by atoms with E-state index in [0.29, 0.717) is 5.89 Å². The van der Waals surface area contributed by atoms with Gasteiger partial charge in [-0.3, -0.25) is 0 Å². The fourth-order valence-electron chi connectivity index (χ4n) is 5.61. The van der Waals surface area contributed by atoms with Gasteiger partial charge in [-0.05, 0) is 70.8 Å². The Hall–Kier alpha value is -4.63. The van der Waals surface area contributed by atoms with Gasteiger partial charge in [-0.25, -0.2) is 4.98 Å². The number of fused-ring (bicyclic) bond motifs is 4. The molecule has 0 N–H and O–H groups in total. The minimum atomic E-state index is -0.0657. The van der Waals surface area contributed by atoms with Crippen molar-refractivity contribution in [3.8, 4) is 22.6 Å². The Labute approximate surface area is 216 Å². The van der Waals surface area contributed by atoms with Gasteiger partial charge in [0, 0.05) is 34.1 Å². The summed E-state index contributed by atoms with van der Waals surface area (Å²) in [5.41, 5.74) is 11.1. The highest BCUT2D eigenvalue weighted by molar-refractivity contribution is 5.88. The fraction of sp³-hybridized carbons (Fsp3) is 0.0882. The van der Waals surface area contributed by atoms with Crippen LogP contribution >= 0.6 is 0 Å².